The highest BCUT2D eigenvalue weighted by atomic mass is 16.2. The van der Waals surface area contributed by atoms with Gasteiger partial charge in [-0.3, -0.25) is 19.3 Å². The maximum Gasteiger partial charge on any atom is 0.261 e. The maximum absolute atomic E-state index is 12.3. The molecule has 1 heterocycles. The smallest absolute Gasteiger partial charge is 0.261 e. The van der Waals surface area contributed by atoms with E-state index in [0.717, 1.165) is 6.42 Å². The van der Waals surface area contributed by atoms with Crippen molar-refractivity contribution < 1.29 is 14.4 Å². The largest absolute Gasteiger partial charge is 0.353 e. The second-order valence-corrected chi connectivity index (χ2v) is 6.57. The number of fused-ring (bicyclic) bond motifs is 1. The molecule has 3 rings (SSSR count). The number of hydrogen-bond acceptors (Lipinski definition) is 3. The van der Waals surface area contributed by atoms with E-state index in [-0.39, 0.29) is 36.7 Å². The molecular weight excluding hydrogens is 328 g/mol. The number of imide groups is 1. The van der Waals surface area contributed by atoms with Crippen LogP contribution in [0, 0.1) is 0 Å². The maximum atomic E-state index is 12.3. The van der Waals surface area contributed by atoms with Crippen LogP contribution in [0.15, 0.2) is 54.6 Å². The van der Waals surface area contributed by atoms with Crippen LogP contribution in [0.2, 0.25) is 0 Å². The summed E-state index contributed by atoms with van der Waals surface area (Å²) in [6.45, 7) is 2.22. The molecule has 1 aliphatic rings. The molecule has 0 saturated heterocycles. The van der Waals surface area contributed by atoms with E-state index in [0.29, 0.717) is 17.5 Å². The molecular formula is C21H22N2O3. The zero-order valence-electron chi connectivity index (χ0n) is 14.8. The van der Waals surface area contributed by atoms with Crippen LogP contribution >= 0.6 is 0 Å². The summed E-state index contributed by atoms with van der Waals surface area (Å²) in [5.74, 6) is -0.614. The normalized spacial score (nSPS) is 14.3. The van der Waals surface area contributed by atoms with E-state index in [1.54, 1.807) is 24.3 Å². The molecule has 0 saturated carbocycles. The molecule has 5 nitrogen and oxygen atoms in total. The summed E-state index contributed by atoms with van der Waals surface area (Å²) in [7, 11) is 0. The summed E-state index contributed by atoms with van der Waals surface area (Å²) in [4.78, 5) is 37.9. The molecule has 0 aliphatic carbocycles. The van der Waals surface area contributed by atoms with Crippen LogP contribution in [0.4, 0.5) is 0 Å². The molecule has 1 N–H and O–H groups in total. The average Bonchev–Trinajstić information content (AvgIpc) is 2.87. The average molecular weight is 350 g/mol. The van der Waals surface area contributed by atoms with E-state index in [1.165, 1.54) is 10.5 Å². The molecule has 2 aromatic carbocycles. The Labute approximate surface area is 153 Å². The lowest BCUT2D eigenvalue weighted by Gasteiger charge is -2.16. The minimum absolute atomic E-state index is 0.0317. The monoisotopic (exact) mass is 350 g/mol. The summed E-state index contributed by atoms with van der Waals surface area (Å²) >= 11 is 0. The fourth-order valence-electron chi connectivity index (χ4n) is 3.21. The highest BCUT2D eigenvalue weighted by Crippen LogP contribution is 2.22. The zero-order valence-corrected chi connectivity index (χ0v) is 14.8. The number of carbonyl (C=O) groups excluding carboxylic acids is 3. The molecule has 1 aliphatic heterocycles. The fraction of sp³-hybridized carbons (Fsp3) is 0.286. The van der Waals surface area contributed by atoms with Crippen molar-refractivity contribution in [1.82, 2.24) is 10.2 Å². The predicted octanol–water partition coefficient (Wildman–Crippen LogP) is 2.81. The fourth-order valence-corrected chi connectivity index (χ4v) is 3.21. The van der Waals surface area contributed by atoms with Gasteiger partial charge in [0.05, 0.1) is 11.1 Å². The SMILES string of the molecule is CC(Cc1ccccc1)NC(=O)CCCN1C(=O)c2ccccc2C1=O. The molecule has 5 heteroatoms. The van der Waals surface area contributed by atoms with Crippen LogP contribution in [-0.2, 0) is 11.2 Å². The van der Waals surface area contributed by atoms with Gasteiger partial charge in [0.1, 0.15) is 0 Å². The van der Waals surface area contributed by atoms with Gasteiger partial charge in [-0.25, -0.2) is 0 Å². The van der Waals surface area contributed by atoms with Crippen LogP contribution < -0.4 is 5.32 Å². The van der Waals surface area contributed by atoms with E-state index >= 15 is 0 Å². The molecule has 1 unspecified atom stereocenters. The van der Waals surface area contributed by atoms with Crippen molar-refractivity contribution in [2.24, 2.45) is 0 Å². The van der Waals surface area contributed by atoms with Crippen molar-refractivity contribution in [3.05, 3.63) is 71.3 Å². The van der Waals surface area contributed by atoms with Gasteiger partial charge < -0.3 is 5.32 Å². The number of hydrogen-bond donors (Lipinski definition) is 1. The molecule has 3 amide bonds. The summed E-state index contributed by atoms with van der Waals surface area (Å²) in [6, 6.07) is 16.8. The lowest BCUT2D eigenvalue weighted by Crippen LogP contribution is -2.35. The Morgan fingerprint density at radius 3 is 2.15 bits per heavy atom. The van der Waals surface area contributed by atoms with E-state index in [4.69, 9.17) is 0 Å². The first-order valence-electron chi connectivity index (χ1n) is 8.85. The minimum Gasteiger partial charge on any atom is -0.353 e. The Morgan fingerprint density at radius 2 is 1.54 bits per heavy atom. The van der Waals surface area contributed by atoms with Crippen LogP contribution in [0.3, 0.4) is 0 Å². The molecule has 1 atom stereocenters. The predicted molar refractivity (Wildman–Crippen MR) is 98.8 cm³/mol. The molecule has 0 aromatic heterocycles. The molecule has 0 bridgehead atoms. The van der Waals surface area contributed by atoms with Crippen LogP contribution in [0.5, 0.6) is 0 Å². The third-order valence-corrected chi connectivity index (χ3v) is 4.46. The van der Waals surface area contributed by atoms with Gasteiger partial charge >= 0.3 is 0 Å². The molecule has 0 radical (unpaired) electrons. The van der Waals surface area contributed by atoms with Gasteiger partial charge in [-0.15, -0.1) is 0 Å². The topological polar surface area (TPSA) is 66.5 Å². The van der Waals surface area contributed by atoms with Crippen molar-refractivity contribution in [2.45, 2.75) is 32.2 Å². The summed E-state index contributed by atoms with van der Waals surface area (Å²) in [5.41, 5.74) is 2.06. The molecule has 0 fully saturated rings. The number of nitrogens with zero attached hydrogens (tertiary/aromatic N) is 1. The van der Waals surface area contributed by atoms with Gasteiger partial charge in [0.2, 0.25) is 5.91 Å². The van der Waals surface area contributed by atoms with Gasteiger partial charge in [-0.2, -0.15) is 0 Å². The van der Waals surface area contributed by atoms with E-state index in [2.05, 4.69) is 5.32 Å². The Balaban J connectivity index is 1.44. The molecule has 2 aromatic rings. The molecule has 0 spiro atoms. The van der Waals surface area contributed by atoms with Crippen molar-refractivity contribution in [3.8, 4) is 0 Å². The zero-order chi connectivity index (χ0) is 18.5. The second-order valence-electron chi connectivity index (χ2n) is 6.57. The van der Waals surface area contributed by atoms with E-state index in [9.17, 15) is 14.4 Å². The number of benzene rings is 2. The standard InChI is InChI=1S/C21H22N2O3/c1-15(14-16-8-3-2-4-9-16)22-19(24)12-7-13-23-20(25)17-10-5-6-11-18(17)21(23)26/h2-6,8-11,15H,7,12-14H2,1H3,(H,22,24). The van der Waals surface area contributed by atoms with Gasteiger partial charge in [0, 0.05) is 19.0 Å². The first-order chi connectivity index (χ1) is 12.6. The van der Waals surface area contributed by atoms with E-state index in [1.807, 2.05) is 37.3 Å². The van der Waals surface area contributed by atoms with Gasteiger partial charge in [0.25, 0.3) is 11.8 Å². The number of amides is 3. The van der Waals surface area contributed by atoms with Gasteiger partial charge in [-0.1, -0.05) is 42.5 Å². The molecule has 26 heavy (non-hydrogen) atoms. The highest BCUT2D eigenvalue weighted by Gasteiger charge is 2.34. The number of carbonyl (C=O) groups is 3. The van der Waals surface area contributed by atoms with Crippen molar-refractivity contribution in [3.63, 3.8) is 0 Å². The summed E-state index contributed by atoms with van der Waals surface area (Å²) < 4.78 is 0. The Bertz CT molecular complexity index is 782. The third kappa shape index (κ3) is 3.99. The van der Waals surface area contributed by atoms with Gasteiger partial charge in [-0.05, 0) is 37.5 Å². The number of nitrogens with one attached hydrogen (secondary N) is 1. The lowest BCUT2D eigenvalue weighted by atomic mass is 10.1. The van der Waals surface area contributed by atoms with E-state index < -0.39 is 0 Å². The molecule has 134 valence electrons. The Hall–Kier alpha value is -2.95. The number of rotatable bonds is 7. The van der Waals surface area contributed by atoms with Crippen molar-refractivity contribution in [1.29, 1.82) is 0 Å². The van der Waals surface area contributed by atoms with Crippen LogP contribution in [0.25, 0.3) is 0 Å². The second kappa shape index (κ2) is 7.95. The van der Waals surface area contributed by atoms with Gasteiger partial charge in [0.15, 0.2) is 0 Å². The van der Waals surface area contributed by atoms with Crippen molar-refractivity contribution >= 4 is 17.7 Å². The van der Waals surface area contributed by atoms with Crippen LogP contribution in [-0.4, -0.2) is 35.2 Å². The first kappa shape index (κ1) is 17.9. The lowest BCUT2D eigenvalue weighted by molar-refractivity contribution is -0.121. The quantitative estimate of drug-likeness (QED) is 0.781. The summed E-state index contributed by atoms with van der Waals surface area (Å²) in [5, 5.41) is 2.97. The van der Waals surface area contributed by atoms with Crippen molar-refractivity contribution in [2.75, 3.05) is 6.54 Å². The first-order valence-corrected chi connectivity index (χ1v) is 8.85. The Morgan fingerprint density at radius 1 is 0.962 bits per heavy atom. The summed E-state index contributed by atoms with van der Waals surface area (Å²) in [6.07, 6.45) is 1.51. The third-order valence-electron chi connectivity index (χ3n) is 4.46. The minimum atomic E-state index is -0.275. The highest BCUT2D eigenvalue weighted by molar-refractivity contribution is 6.21. The van der Waals surface area contributed by atoms with Crippen LogP contribution in [0.1, 0.15) is 46.0 Å². The Kier molecular flexibility index (Phi) is 5.46.